The molecule has 0 saturated heterocycles. The molecule has 2 aromatic carbocycles. The topological polar surface area (TPSA) is 73.3 Å². The molecule has 26 heavy (non-hydrogen) atoms. The SMILES string of the molecule is COc1ccc(-c2nnc(NC(=O)C=Cc3ccccc3)s2)cc1OC. The Morgan fingerprint density at radius 3 is 2.54 bits per heavy atom. The van der Waals surface area contributed by atoms with Crippen LogP contribution in [0.4, 0.5) is 5.13 Å². The highest BCUT2D eigenvalue weighted by molar-refractivity contribution is 7.18. The van der Waals surface area contributed by atoms with E-state index in [2.05, 4.69) is 15.5 Å². The molecule has 0 spiro atoms. The fraction of sp³-hybridized carbons (Fsp3) is 0.105. The number of benzene rings is 2. The highest BCUT2D eigenvalue weighted by atomic mass is 32.1. The van der Waals surface area contributed by atoms with E-state index in [1.54, 1.807) is 26.4 Å². The van der Waals surface area contributed by atoms with Crippen LogP contribution in [0.25, 0.3) is 16.6 Å². The fourth-order valence-electron chi connectivity index (χ4n) is 2.24. The second-order valence-corrected chi connectivity index (χ2v) is 6.19. The molecule has 0 atom stereocenters. The number of methoxy groups -OCH3 is 2. The van der Waals surface area contributed by atoms with Crippen LogP contribution in [-0.4, -0.2) is 30.3 Å². The monoisotopic (exact) mass is 367 g/mol. The lowest BCUT2D eigenvalue weighted by atomic mass is 10.2. The van der Waals surface area contributed by atoms with Crippen LogP contribution in [0.2, 0.25) is 0 Å². The molecular weight excluding hydrogens is 350 g/mol. The quantitative estimate of drug-likeness (QED) is 0.670. The third kappa shape index (κ3) is 4.25. The lowest BCUT2D eigenvalue weighted by molar-refractivity contribution is -0.111. The zero-order valence-corrected chi connectivity index (χ0v) is 15.1. The third-order valence-electron chi connectivity index (χ3n) is 3.51. The molecule has 0 aliphatic heterocycles. The molecule has 6 nitrogen and oxygen atoms in total. The Morgan fingerprint density at radius 1 is 1.04 bits per heavy atom. The second-order valence-electron chi connectivity index (χ2n) is 5.22. The van der Waals surface area contributed by atoms with Gasteiger partial charge < -0.3 is 9.47 Å². The molecule has 3 aromatic rings. The molecule has 1 aromatic heterocycles. The Hall–Kier alpha value is -3.19. The number of carbonyl (C=O) groups excluding carboxylic acids is 1. The van der Waals surface area contributed by atoms with Crippen molar-refractivity contribution in [2.45, 2.75) is 0 Å². The summed E-state index contributed by atoms with van der Waals surface area (Å²) < 4.78 is 10.5. The van der Waals surface area contributed by atoms with Gasteiger partial charge in [0.2, 0.25) is 11.0 Å². The van der Waals surface area contributed by atoms with Crippen LogP contribution in [0.15, 0.2) is 54.6 Å². The second kappa shape index (κ2) is 8.26. The van der Waals surface area contributed by atoms with Crippen molar-refractivity contribution >= 4 is 28.5 Å². The maximum absolute atomic E-state index is 12.0. The molecule has 0 unspecified atom stereocenters. The molecule has 1 amide bonds. The van der Waals surface area contributed by atoms with Crippen LogP contribution >= 0.6 is 11.3 Å². The normalized spacial score (nSPS) is 10.7. The van der Waals surface area contributed by atoms with Crippen LogP contribution in [0.1, 0.15) is 5.56 Å². The molecule has 132 valence electrons. The van der Waals surface area contributed by atoms with Crippen molar-refractivity contribution in [2.75, 3.05) is 19.5 Å². The van der Waals surface area contributed by atoms with Crippen LogP contribution in [0.3, 0.4) is 0 Å². The maximum atomic E-state index is 12.0. The molecule has 7 heteroatoms. The number of nitrogens with one attached hydrogen (secondary N) is 1. The number of amides is 1. The van der Waals surface area contributed by atoms with Crippen LogP contribution in [0, 0.1) is 0 Å². The molecular formula is C19H17N3O3S. The van der Waals surface area contributed by atoms with Gasteiger partial charge in [0.05, 0.1) is 14.2 Å². The summed E-state index contributed by atoms with van der Waals surface area (Å²) in [7, 11) is 3.16. The smallest absolute Gasteiger partial charge is 0.250 e. The van der Waals surface area contributed by atoms with Gasteiger partial charge in [-0.3, -0.25) is 10.1 Å². The highest BCUT2D eigenvalue weighted by Gasteiger charge is 2.11. The van der Waals surface area contributed by atoms with Gasteiger partial charge in [0, 0.05) is 11.6 Å². The summed E-state index contributed by atoms with van der Waals surface area (Å²) in [5.74, 6) is 0.987. The van der Waals surface area contributed by atoms with Crippen molar-refractivity contribution in [1.82, 2.24) is 10.2 Å². The Bertz CT molecular complexity index is 923. The van der Waals surface area contributed by atoms with Crippen molar-refractivity contribution in [2.24, 2.45) is 0 Å². The van der Waals surface area contributed by atoms with E-state index in [9.17, 15) is 4.79 Å². The van der Waals surface area contributed by atoms with Gasteiger partial charge >= 0.3 is 0 Å². The first-order valence-corrected chi connectivity index (χ1v) is 8.61. The standard InChI is InChI=1S/C19H17N3O3S/c1-24-15-10-9-14(12-16(15)25-2)18-21-22-19(26-18)20-17(23)11-8-13-6-4-3-5-7-13/h3-12H,1-2H3,(H,20,22,23). The van der Waals surface area contributed by atoms with Crippen LogP contribution in [0.5, 0.6) is 11.5 Å². The third-order valence-corrected chi connectivity index (χ3v) is 4.40. The minimum Gasteiger partial charge on any atom is -0.493 e. The lowest BCUT2D eigenvalue weighted by Gasteiger charge is -2.07. The Morgan fingerprint density at radius 2 is 1.81 bits per heavy atom. The van der Waals surface area contributed by atoms with Crippen molar-refractivity contribution < 1.29 is 14.3 Å². The molecule has 0 saturated carbocycles. The average molecular weight is 367 g/mol. The van der Waals surface area contributed by atoms with Crippen molar-refractivity contribution in [3.05, 3.63) is 60.2 Å². The molecule has 0 fully saturated rings. The Kier molecular flexibility index (Phi) is 5.60. The van der Waals surface area contributed by atoms with E-state index in [1.807, 2.05) is 42.5 Å². The van der Waals surface area contributed by atoms with E-state index in [1.165, 1.54) is 17.4 Å². The molecule has 1 heterocycles. The average Bonchev–Trinajstić information content (AvgIpc) is 3.15. The van der Waals surface area contributed by atoms with Gasteiger partial charge in [-0.25, -0.2) is 0 Å². The van der Waals surface area contributed by atoms with E-state index in [-0.39, 0.29) is 5.91 Å². The number of aromatic nitrogens is 2. The van der Waals surface area contributed by atoms with Gasteiger partial charge in [0.25, 0.3) is 0 Å². The Balaban J connectivity index is 1.70. The molecule has 0 radical (unpaired) electrons. The van der Waals surface area contributed by atoms with Crippen molar-refractivity contribution in [1.29, 1.82) is 0 Å². The summed E-state index contributed by atoms with van der Waals surface area (Å²) in [6.45, 7) is 0. The summed E-state index contributed by atoms with van der Waals surface area (Å²) in [6.07, 6.45) is 3.21. The molecule has 0 bridgehead atoms. The number of ether oxygens (including phenoxy) is 2. The number of rotatable bonds is 6. The van der Waals surface area contributed by atoms with Gasteiger partial charge in [-0.2, -0.15) is 0 Å². The van der Waals surface area contributed by atoms with E-state index in [4.69, 9.17) is 9.47 Å². The zero-order chi connectivity index (χ0) is 18.4. The first-order chi connectivity index (χ1) is 12.7. The summed E-state index contributed by atoms with van der Waals surface area (Å²) in [6, 6.07) is 15.1. The molecule has 0 aliphatic rings. The molecule has 0 aliphatic carbocycles. The Labute approximate surface area is 155 Å². The van der Waals surface area contributed by atoms with Crippen LogP contribution < -0.4 is 14.8 Å². The minimum atomic E-state index is -0.260. The largest absolute Gasteiger partial charge is 0.493 e. The number of hydrogen-bond acceptors (Lipinski definition) is 6. The van der Waals surface area contributed by atoms with E-state index in [0.29, 0.717) is 21.6 Å². The van der Waals surface area contributed by atoms with Crippen molar-refractivity contribution in [3.63, 3.8) is 0 Å². The maximum Gasteiger partial charge on any atom is 0.250 e. The summed E-state index contributed by atoms with van der Waals surface area (Å²) in [5, 5.41) is 12.0. The number of anilines is 1. The van der Waals surface area contributed by atoms with E-state index >= 15 is 0 Å². The number of hydrogen-bond donors (Lipinski definition) is 1. The summed E-state index contributed by atoms with van der Waals surface area (Å²) in [4.78, 5) is 12.0. The van der Waals surface area contributed by atoms with Gasteiger partial charge in [0.1, 0.15) is 5.01 Å². The summed E-state index contributed by atoms with van der Waals surface area (Å²) in [5.41, 5.74) is 1.78. The van der Waals surface area contributed by atoms with Gasteiger partial charge in [-0.15, -0.1) is 10.2 Å². The predicted octanol–water partition coefficient (Wildman–Crippen LogP) is 3.87. The molecule has 1 N–H and O–H groups in total. The highest BCUT2D eigenvalue weighted by Crippen LogP contribution is 2.34. The predicted molar refractivity (Wildman–Crippen MR) is 103 cm³/mol. The lowest BCUT2D eigenvalue weighted by Crippen LogP contribution is -2.07. The number of nitrogens with zero attached hydrogens (tertiary/aromatic N) is 2. The van der Waals surface area contributed by atoms with Crippen LogP contribution in [-0.2, 0) is 4.79 Å². The first kappa shape index (κ1) is 17.6. The van der Waals surface area contributed by atoms with E-state index < -0.39 is 0 Å². The van der Waals surface area contributed by atoms with Gasteiger partial charge in [0.15, 0.2) is 11.5 Å². The first-order valence-electron chi connectivity index (χ1n) is 7.79. The molecule has 3 rings (SSSR count). The van der Waals surface area contributed by atoms with Crippen molar-refractivity contribution in [3.8, 4) is 22.1 Å². The fourth-order valence-corrected chi connectivity index (χ4v) is 2.99. The minimum absolute atomic E-state index is 0.260. The zero-order valence-electron chi connectivity index (χ0n) is 14.3. The van der Waals surface area contributed by atoms with Gasteiger partial charge in [-0.1, -0.05) is 41.7 Å². The van der Waals surface area contributed by atoms with Gasteiger partial charge in [-0.05, 0) is 29.8 Å². The number of carbonyl (C=O) groups is 1. The summed E-state index contributed by atoms with van der Waals surface area (Å²) >= 11 is 1.28. The van der Waals surface area contributed by atoms with E-state index in [0.717, 1.165) is 11.1 Å².